The standard InChI is InChI=1S/C24H32N2O5S/c1-5-26(6-2)32(29,30)22-15-12-20(13-16-22)14-17-23(27)31-19(4)24(28)25-18(3)21-10-8-7-9-11-21/h7-13,15-16,18-19H,5-6,14,17H2,1-4H3,(H,25,28). The number of benzene rings is 2. The highest BCUT2D eigenvalue weighted by molar-refractivity contribution is 7.89. The third-order valence-electron chi connectivity index (χ3n) is 5.22. The molecule has 0 bridgehead atoms. The highest BCUT2D eigenvalue weighted by Crippen LogP contribution is 2.17. The molecule has 2 atom stereocenters. The van der Waals surface area contributed by atoms with Gasteiger partial charge in [0, 0.05) is 19.5 Å². The number of hydrogen-bond acceptors (Lipinski definition) is 5. The third kappa shape index (κ3) is 6.90. The molecule has 2 rings (SSSR count). The van der Waals surface area contributed by atoms with Gasteiger partial charge in [-0.2, -0.15) is 4.31 Å². The Balaban J connectivity index is 1.85. The summed E-state index contributed by atoms with van der Waals surface area (Å²) in [5, 5.41) is 2.84. The number of esters is 1. The minimum absolute atomic E-state index is 0.0913. The van der Waals surface area contributed by atoms with Gasteiger partial charge in [-0.15, -0.1) is 0 Å². The van der Waals surface area contributed by atoms with Gasteiger partial charge in [0.15, 0.2) is 6.10 Å². The topological polar surface area (TPSA) is 92.8 Å². The van der Waals surface area contributed by atoms with Crippen LogP contribution in [-0.4, -0.2) is 43.8 Å². The fourth-order valence-corrected chi connectivity index (χ4v) is 4.71. The molecule has 0 aliphatic carbocycles. The van der Waals surface area contributed by atoms with Crippen LogP contribution in [0.15, 0.2) is 59.5 Å². The van der Waals surface area contributed by atoms with Crippen LogP contribution >= 0.6 is 0 Å². The normalized spacial score (nSPS) is 13.4. The second kappa shape index (κ2) is 11.8. The third-order valence-corrected chi connectivity index (χ3v) is 7.28. The first-order chi connectivity index (χ1) is 15.2. The maximum absolute atomic E-state index is 12.5. The van der Waals surface area contributed by atoms with Gasteiger partial charge in [-0.3, -0.25) is 9.59 Å². The van der Waals surface area contributed by atoms with Gasteiger partial charge in [0.2, 0.25) is 10.0 Å². The first kappa shape index (κ1) is 25.5. The van der Waals surface area contributed by atoms with Gasteiger partial charge in [0.05, 0.1) is 10.9 Å². The predicted octanol–water partition coefficient (Wildman–Crippen LogP) is 3.46. The van der Waals surface area contributed by atoms with Gasteiger partial charge in [-0.1, -0.05) is 56.3 Å². The SMILES string of the molecule is CCN(CC)S(=O)(=O)c1ccc(CCC(=O)OC(C)C(=O)NC(C)c2ccccc2)cc1. The maximum Gasteiger partial charge on any atom is 0.306 e. The Morgan fingerprint density at radius 2 is 1.56 bits per heavy atom. The molecule has 2 aromatic carbocycles. The van der Waals surface area contributed by atoms with Crippen molar-refractivity contribution in [3.8, 4) is 0 Å². The molecule has 0 saturated carbocycles. The number of carbonyl (C=O) groups is 2. The molecule has 0 aliphatic rings. The van der Waals surface area contributed by atoms with Crippen LogP contribution in [-0.2, 0) is 30.8 Å². The van der Waals surface area contributed by atoms with E-state index >= 15 is 0 Å². The number of nitrogens with zero attached hydrogens (tertiary/aromatic N) is 1. The number of carbonyl (C=O) groups excluding carboxylic acids is 2. The Kier molecular flexibility index (Phi) is 9.41. The summed E-state index contributed by atoms with van der Waals surface area (Å²) in [6.45, 7) is 7.81. The number of sulfonamides is 1. The van der Waals surface area contributed by atoms with E-state index in [1.54, 1.807) is 38.1 Å². The molecule has 1 amide bonds. The molecule has 0 radical (unpaired) electrons. The van der Waals surface area contributed by atoms with E-state index in [0.717, 1.165) is 11.1 Å². The number of ether oxygens (including phenoxy) is 1. The van der Waals surface area contributed by atoms with Crippen molar-refractivity contribution in [3.63, 3.8) is 0 Å². The summed E-state index contributed by atoms with van der Waals surface area (Å²) in [5.74, 6) is -0.847. The minimum atomic E-state index is -3.51. The summed E-state index contributed by atoms with van der Waals surface area (Å²) < 4.78 is 31.7. The Hall–Kier alpha value is -2.71. The van der Waals surface area contributed by atoms with Crippen molar-refractivity contribution in [3.05, 3.63) is 65.7 Å². The molecule has 7 nitrogen and oxygen atoms in total. The zero-order valence-corrected chi connectivity index (χ0v) is 19.9. The number of aryl methyl sites for hydroxylation is 1. The van der Waals surface area contributed by atoms with E-state index in [-0.39, 0.29) is 23.3 Å². The summed E-state index contributed by atoms with van der Waals surface area (Å²) in [4.78, 5) is 24.7. The largest absolute Gasteiger partial charge is 0.453 e. The van der Waals surface area contributed by atoms with E-state index in [0.29, 0.717) is 19.5 Å². The fraction of sp³-hybridized carbons (Fsp3) is 0.417. The molecule has 2 aromatic rings. The van der Waals surface area contributed by atoms with E-state index in [9.17, 15) is 18.0 Å². The predicted molar refractivity (Wildman–Crippen MR) is 123 cm³/mol. The molecule has 0 heterocycles. The lowest BCUT2D eigenvalue weighted by Crippen LogP contribution is -2.37. The van der Waals surface area contributed by atoms with Gasteiger partial charge < -0.3 is 10.1 Å². The van der Waals surface area contributed by atoms with Crippen LogP contribution in [0, 0.1) is 0 Å². The number of rotatable bonds is 11. The molecule has 2 unspecified atom stereocenters. The van der Waals surface area contributed by atoms with Crippen LogP contribution in [0.1, 0.15) is 51.3 Å². The Bertz CT molecular complexity index is 987. The zero-order chi connectivity index (χ0) is 23.7. The summed E-state index contributed by atoms with van der Waals surface area (Å²) >= 11 is 0. The fourth-order valence-electron chi connectivity index (χ4n) is 3.25. The second-order valence-corrected chi connectivity index (χ2v) is 9.44. The average Bonchev–Trinajstić information content (AvgIpc) is 2.79. The van der Waals surface area contributed by atoms with Crippen LogP contribution in [0.25, 0.3) is 0 Å². The van der Waals surface area contributed by atoms with E-state index in [1.165, 1.54) is 11.2 Å². The Morgan fingerprint density at radius 3 is 2.12 bits per heavy atom. The summed E-state index contributed by atoms with van der Waals surface area (Å²) in [5.41, 5.74) is 1.78. The first-order valence-electron chi connectivity index (χ1n) is 10.8. The molecule has 174 valence electrons. The molecule has 0 spiro atoms. The lowest BCUT2D eigenvalue weighted by atomic mass is 10.1. The maximum atomic E-state index is 12.5. The molecule has 0 fully saturated rings. The highest BCUT2D eigenvalue weighted by Gasteiger charge is 2.22. The molecular weight excluding hydrogens is 428 g/mol. The van der Waals surface area contributed by atoms with E-state index in [2.05, 4.69) is 5.32 Å². The monoisotopic (exact) mass is 460 g/mol. The van der Waals surface area contributed by atoms with Crippen LogP contribution in [0.5, 0.6) is 0 Å². The van der Waals surface area contributed by atoms with Crippen molar-refractivity contribution >= 4 is 21.9 Å². The van der Waals surface area contributed by atoms with Gasteiger partial charge >= 0.3 is 5.97 Å². The van der Waals surface area contributed by atoms with Crippen molar-refractivity contribution in [2.24, 2.45) is 0 Å². The zero-order valence-electron chi connectivity index (χ0n) is 19.1. The first-order valence-corrected chi connectivity index (χ1v) is 12.3. The lowest BCUT2D eigenvalue weighted by Gasteiger charge is -2.19. The Morgan fingerprint density at radius 1 is 0.969 bits per heavy atom. The Labute approximate surface area is 190 Å². The van der Waals surface area contributed by atoms with Crippen molar-refractivity contribution in [2.75, 3.05) is 13.1 Å². The van der Waals surface area contributed by atoms with Crippen LogP contribution < -0.4 is 5.32 Å². The number of hydrogen-bond donors (Lipinski definition) is 1. The summed E-state index contributed by atoms with van der Waals surface area (Å²) in [6.07, 6.45) is -0.428. The molecule has 8 heteroatoms. The van der Waals surface area contributed by atoms with E-state index in [4.69, 9.17) is 4.74 Å². The van der Waals surface area contributed by atoms with E-state index < -0.39 is 22.1 Å². The highest BCUT2D eigenvalue weighted by atomic mass is 32.2. The van der Waals surface area contributed by atoms with Gasteiger partial charge in [-0.25, -0.2) is 8.42 Å². The van der Waals surface area contributed by atoms with Gasteiger partial charge in [0.25, 0.3) is 5.91 Å². The average molecular weight is 461 g/mol. The molecule has 0 saturated heterocycles. The number of amides is 1. The van der Waals surface area contributed by atoms with Crippen LogP contribution in [0.4, 0.5) is 0 Å². The summed E-state index contributed by atoms with van der Waals surface area (Å²) in [6, 6.07) is 15.8. The van der Waals surface area contributed by atoms with E-state index in [1.807, 2.05) is 37.3 Å². The smallest absolute Gasteiger partial charge is 0.306 e. The number of nitrogens with one attached hydrogen (secondary N) is 1. The summed E-state index contributed by atoms with van der Waals surface area (Å²) in [7, 11) is -3.51. The van der Waals surface area contributed by atoms with Gasteiger partial charge in [0.1, 0.15) is 0 Å². The minimum Gasteiger partial charge on any atom is -0.453 e. The van der Waals surface area contributed by atoms with Crippen molar-refractivity contribution in [1.82, 2.24) is 9.62 Å². The van der Waals surface area contributed by atoms with Crippen LogP contribution in [0.3, 0.4) is 0 Å². The quantitative estimate of drug-likeness (QED) is 0.519. The molecule has 32 heavy (non-hydrogen) atoms. The molecular formula is C24H32N2O5S. The lowest BCUT2D eigenvalue weighted by molar-refractivity contribution is -0.155. The molecule has 0 aliphatic heterocycles. The second-order valence-electron chi connectivity index (χ2n) is 7.51. The molecule has 1 N–H and O–H groups in total. The van der Waals surface area contributed by atoms with Crippen LogP contribution in [0.2, 0.25) is 0 Å². The van der Waals surface area contributed by atoms with Crippen molar-refractivity contribution in [1.29, 1.82) is 0 Å². The molecule has 0 aromatic heterocycles. The van der Waals surface area contributed by atoms with Crippen molar-refractivity contribution < 1.29 is 22.7 Å². The van der Waals surface area contributed by atoms with Gasteiger partial charge in [-0.05, 0) is 43.5 Å². The van der Waals surface area contributed by atoms with Crippen molar-refractivity contribution in [2.45, 2.75) is 57.6 Å².